The lowest BCUT2D eigenvalue weighted by Gasteiger charge is -2.09. The third-order valence-electron chi connectivity index (χ3n) is 2.33. The van der Waals surface area contributed by atoms with Crippen LogP contribution in [0.25, 0.3) is 0 Å². The second kappa shape index (κ2) is 5.23. The van der Waals surface area contributed by atoms with Gasteiger partial charge >= 0.3 is 0 Å². The second-order valence-electron chi connectivity index (χ2n) is 3.72. The van der Waals surface area contributed by atoms with Crippen LogP contribution in [0.2, 0.25) is 5.02 Å². The van der Waals surface area contributed by atoms with Gasteiger partial charge in [0.05, 0.1) is 10.7 Å². The SMILES string of the molecule is Nc1cc(Cl)c(OCc2cccc(F)c2)cc1F. The van der Waals surface area contributed by atoms with E-state index in [1.807, 2.05) is 0 Å². The summed E-state index contributed by atoms with van der Waals surface area (Å²) in [4.78, 5) is 0. The summed E-state index contributed by atoms with van der Waals surface area (Å²) in [6.45, 7) is 0.0981. The van der Waals surface area contributed by atoms with E-state index in [2.05, 4.69) is 0 Å². The lowest BCUT2D eigenvalue weighted by atomic mass is 10.2. The summed E-state index contributed by atoms with van der Waals surface area (Å²) >= 11 is 5.85. The zero-order valence-electron chi connectivity index (χ0n) is 9.29. The molecule has 2 aromatic rings. The van der Waals surface area contributed by atoms with E-state index in [1.165, 1.54) is 18.2 Å². The highest BCUT2D eigenvalue weighted by Crippen LogP contribution is 2.29. The molecular weight excluding hydrogens is 260 g/mol. The lowest BCUT2D eigenvalue weighted by molar-refractivity contribution is 0.304. The molecule has 0 aromatic heterocycles. The molecule has 0 bridgehead atoms. The van der Waals surface area contributed by atoms with Crippen molar-refractivity contribution in [2.75, 3.05) is 5.73 Å². The van der Waals surface area contributed by atoms with Crippen molar-refractivity contribution >= 4 is 17.3 Å². The van der Waals surface area contributed by atoms with Gasteiger partial charge in [-0.1, -0.05) is 23.7 Å². The van der Waals surface area contributed by atoms with Crippen LogP contribution in [0, 0.1) is 11.6 Å². The van der Waals surface area contributed by atoms with Crippen molar-refractivity contribution in [2.45, 2.75) is 6.61 Å². The van der Waals surface area contributed by atoms with Gasteiger partial charge in [-0.05, 0) is 23.8 Å². The highest BCUT2D eigenvalue weighted by Gasteiger charge is 2.08. The molecule has 0 atom stereocenters. The first-order valence-corrected chi connectivity index (χ1v) is 5.56. The molecule has 0 fully saturated rings. The molecule has 2 nitrogen and oxygen atoms in total. The van der Waals surface area contributed by atoms with Crippen LogP contribution in [0.15, 0.2) is 36.4 Å². The number of ether oxygens (including phenoxy) is 1. The van der Waals surface area contributed by atoms with Crippen LogP contribution < -0.4 is 10.5 Å². The topological polar surface area (TPSA) is 35.2 Å². The quantitative estimate of drug-likeness (QED) is 0.861. The van der Waals surface area contributed by atoms with Gasteiger partial charge in [-0.15, -0.1) is 0 Å². The summed E-state index contributed by atoms with van der Waals surface area (Å²) in [7, 11) is 0. The molecule has 2 aromatic carbocycles. The first-order chi connectivity index (χ1) is 8.56. The number of hydrogen-bond donors (Lipinski definition) is 1. The minimum absolute atomic E-state index is 0.0434. The molecule has 0 amide bonds. The van der Waals surface area contributed by atoms with Gasteiger partial charge in [-0.3, -0.25) is 0 Å². The largest absolute Gasteiger partial charge is 0.487 e. The van der Waals surface area contributed by atoms with Gasteiger partial charge in [0.15, 0.2) is 0 Å². The van der Waals surface area contributed by atoms with E-state index in [0.717, 1.165) is 6.07 Å². The maximum atomic E-state index is 13.2. The highest BCUT2D eigenvalue weighted by molar-refractivity contribution is 6.32. The molecule has 0 aliphatic rings. The second-order valence-corrected chi connectivity index (χ2v) is 4.13. The minimum Gasteiger partial charge on any atom is -0.487 e. The maximum Gasteiger partial charge on any atom is 0.149 e. The Labute approximate surface area is 108 Å². The number of anilines is 1. The van der Waals surface area contributed by atoms with Gasteiger partial charge in [0.1, 0.15) is 24.0 Å². The summed E-state index contributed by atoms with van der Waals surface area (Å²) in [5, 5.41) is 0.213. The first kappa shape index (κ1) is 12.6. The van der Waals surface area contributed by atoms with Crippen molar-refractivity contribution in [2.24, 2.45) is 0 Å². The fourth-order valence-electron chi connectivity index (χ4n) is 1.44. The third kappa shape index (κ3) is 2.90. The van der Waals surface area contributed by atoms with E-state index in [4.69, 9.17) is 22.1 Å². The van der Waals surface area contributed by atoms with Crippen molar-refractivity contribution in [3.8, 4) is 5.75 Å². The van der Waals surface area contributed by atoms with E-state index < -0.39 is 5.82 Å². The lowest BCUT2D eigenvalue weighted by Crippen LogP contribution is -1.98. The van der Waals surface area contributed by atoms with Gasteiger partial charge in [-0.25, -0.2) is 8.78 Å². The predicted molar refractivity (Wildman–Crippen MR) is 66.6 cm³/mol. The van der Waals surface area contributed by atoms with Crippen LogP contribution in [0.1, 0.15) is 5.56 Å². The zero-order chi connectivity index (χ0) is 13.1. The van der Waals surface area contributed by atoms with Crippen LogP contribution in [0.3, 0.4) is 0 Å². The number of hydrogen-bond acceptors (Lipinski definition) is 2. The van der Waals surface area contributed by atoms with Crippen molar-refractivity contribution in [3.05, 3.63) is 58.6 Å². The van der Waals surface area contributed by atoms with Crippen molar-refractivity contribution < 1.29 is 13.5 Å². The van der Waals surface area contributed by atoms with Crippen LogP contribution in [0.5, 0.6) is 5.75 Å². The monoisotopic (exact) mass is 269 g/mol. The summed E-state index contributed by atoms with van der Waals surface area (Å²) < 4.78 is 31.5. The van der Waals surface area contributed by atoms with E-state index in [9.17, 15) is 8.78 Å². The molecule has 0 aliphatic carbocycles. The Bertz CT molecular complexity index is 575. The summed E-state index contributed by atoms with van der Waals surface area (Å²) in [6.07, 6.45) is 0. The third-order valence-corrected chi connectivity index (χ3v) is 2.63. The molecule has 18 heavy (non-hydrogen) atoms. The normalized spacial score (nSPS) is 10.4. The molecule has 0 aliphatic heterocycles. The number of rotatable bonds is 3. The smallest absolute Gasteiger partial charge is 0.149 e. The first-order valence-electron chi connectivity index (χ1n) is 5.18. The van der Waals surface area contributed by atoms with Gasteiger partial charge in [0.2, 0.25) is 0 Å². The number of halogens is 3. The molecule has 2 N–H and O–H groups in total. The molecule has 0 saturated heterocycles. The fourth-order valence-corrected chi connectivity index (χ4v) is 1.67. The minimum atomic E-state index is -0.603. The Hall–Kier alpha value is -1.81. The van der Waals surface area contributed by atoms with Crippen molar-refractivity contribution in [1.82, 2.24) is 0 Å². The van der Waals surface area contributed by atoms with Crippen LogP contribution in [-0.2, 0) is 6.61 Å². The van der Waals surface area contributed by atoms with Crippen LogP contribution in [0.4, 0.5) is 14.5 Å². The highest BCUT2D eigenvalue weighted by atomic mass is 35.5. The van der Waals surface area contributed by atoms with Crippen LogP contribution >= 0.6 is 11.6 Å². The number of nitrogens with two attached hydrogens (primary N) is 1. The molecule has 0 heterocycles. The Morgan fingerprint density at radius 2 is 1.94 bits per heavy atom. The number of nitrogen functional groups attached to an aromatic ring is 1. The Kier molecular flexibility index (Phi) is 3.67. The standard InChI is InChI=1S/C13H10ClF2NO/c14-10-5-12(17)11(16)6-13(10)18-7-8-2-1-3-9(15)4-8/h1-6H,7,17H2. The average molecular weight is 270 g/mol. The maximum absolute atomic E-state index is 13.2. The molecule has 0 unspecified atom stereocenters. The Morgan fingerprint density at radius 3 is 2.67 bits per heavy atom. The summed E-state index contributed by atoms with van der Waals surface area (Å²) in [6, 6.07) is 8.32. The average Bonchev–Trinajstić information content (AvgIpc) is 2.32. The van der Waals surface area contributed by atoms with Gasteiger partial charge in [0, 0.05) is 6.07 Å². The molecule has 94 valence electrons. The van der Waals surface area contributed by atoms with Crippen LogP contribution in [-0.4, -0.2) is 0 Å². The zero-order valence-corrected chi connectivity index (χ0v) is 10.0. The van der Waals surface area contributed by atoms with E-state index >= 15 is 0 Å². The Balaban J connectivity index is 2.13. The number of benzene rings is 2. The molecular formula is C13H10ClF2NO. The molecule has 5 heteroatoms. The Morgan fingerprint density at radius 1 is 1.17 bits per heavy atom. The van der Waals surface area contributed by atoms with E-state index in [0.29, 0.717) is 5.56 Å². The van der Waals surface area contributed by atoms with E-state index in [-0.39, 0.29) is 28.9 Å². The fraction of sp³-hybridized carbons (Fsp3) is 0.0769. The van der Waals surface area contributed by atoms with Gasteiger partial charge in [0.25, 0.3) is 0 Å². The van der Waals surface area contributed by atoms with Crippen molar-refractivity contribution in [3.63, 3.8) is 0 Å². The summed E-state index contributed by atoms with van der Waals surface area (Å²) in [5.41, 5.74) is 5.94. The molecule has 0 spiro atoms. The molecule has 0 saturated carbocycles. The van der Waals surface area contributed by atoms with Crippen molar-refractivity contribution in [1.29, 1.82) is 0 Å². The molecule has 2 rings (SSSR count). The predicted octanol–water partition coefficient (Wildman–Crippen LogP) is 3.78. The van der Waals surface area contributed by atoms with Gasteiger partial charge < -0.3 is 10.5 Å². The molecule has 0 radical (unpaired) electrons. The van der Waals surface area contributed by atoms with Gasteiger partial charge in [-0.2, -0.15) is 0 Å². The summed E-state index contributed by atoms with van der Waals surface area (Å²) in [5.74, 6) is -0.785. The van der Waals surface area contributed by atoms with E-state index in [1.54, 1.807) is 12.1 Å².